The maximum Gasteiger partial charge on any atom is 0.418 e. The van der Waals surface area contributed by atoms with Gasteiger partial charge in [0.15, 0.2) is 0 Å². The number of nitrogens with one attached hydrogen (secondary N) is 1. The summed E-state index contributed by atoms with van der Waals surface area (Å²) in [7, 11) is 0. The molecule has 0 aliphatic carbocycles. The number of likely N-dealkylation sites (tertiary alicyclic amines) is 1. The molecule has 1 atom stereocenters. The molecule has 25 heavy (non-hydrogen) atoms. The van der Waals surface area contributed by atoms with E-state index in [1.807, 2.05) is 30.3 Å². The fourth-order valence-corrected chi connectivity index (χ4v) is 2.68. The van der Waals surface area contributed by atoms with Gasteiger partial charge in [0.1, 0.15) is 0 Å². The van der Waals surface area contributed by atoms with E-state index in [9.17, 15) is 14.4 Å². The van der Waals surface area contributed by atoms with Crippen LogP contribution in [0.4, 0.5) is 9.59 Å². The highest BCUT2D eigenvalue weighted by Crippen LogP contribution is 2.15. The summed E-state index contributed by atoms with van der Waals surface area (Å²) in [6.07, 6.45) is -0.534. The van der Waals surface area contributed by atoms with Crippen LogP contribution in [0.2, 0.25) is 0 Å². The number of carbonyl (C=O) groups excluding carboxylic acids is 3. The fraction of sp³-hybridized carbons (Fsp3) is 0.471. The first kappa shape index (κ1) is 18.7. The van der Waals surface area contributed by atoms with Crippen molar-refractivity contribution in [1.29, 1.82) is 0 Å². The largest absolute Gasteiger partial charge is 0.449 e. The van der Waals surface area contributed by atoms with Gasteiger partial charge in [-0.15, -0.1) is 0 Å². The Morgan fingerprint density at radius 2 is 2.08 bits per heavy atom. The van der Waals surface area contributed by atoms with Crippen molar-refractivity contribution < 1.29 is 19.1 Å². The Balaban J connectivity index is 1.92. The predicted molar refractivity (Wildman–Crippen MR) is 91.6 cm³/mol. The van der Waals surface area contributed by atoms with E-state index in [1.165, 1.54) is 0 Å². The monoisotopic (exact) mass is 348 g/mol. The Morgan fingerprint density at radius 3 is 2.72 bits per heavy atom. The van der Waals surface area contributed by atoms with E-state index in [0.717, 1.165) is 10.5 Å². The van der Waals surface area contributed by atoms with Crippen molar-refractivity contribution in [2.24, 2.45) is 5.73 Å². The minimum absolute atomic E-state index is 0.0318. The number of rotatable bonds is 6. The summed E-state index contributed by atoms with van der Waals surface area (Å²) >= 11 is 0. The number of ether oxygens (including phenoxy) is 1. The molecule has 2 rings (SSSR count). The van der Waals surface area contributed by atoms with E-state index >= 15 is 0 Å². The lowest BCUT2D eigenvalue weighted by Crippen LogP contribution is -2.50. The van der Waals surface area contributed by atoms with Crippen LogP contribution in [-0.2, 0) is 16.1 Å². The van der Waals surface area contributed by atoms with E-state index < -0.39 is 12.1 Å². The van der Waals surface area contributed by atoms with Gasteiger partial charge in [0.2, 0.25) is 5.91 Å². The first-order valence-corrected chi connectivity index (χ1v) is 8.31. The van der Waals surface area contributed by atoms with Gasteiger partial charge in [-0.3, -0.25) is 4.79 Å². The second kappa shape index (κ2) is 9.03. The maximum atomic E-state index is 12.3. The molecule has 0 spiro atoms. The molecule has 0 bridgehead atoms. The van der Waals surface area contributed by atoms with Crippen molar-refractivity contribution >= 4 is 18.0 Å². The van der Waals surface area contributed by atoms with Crippen LogP contribution in [0, 0.1) is 0 Å². The molecule has 1 aromatic carbocycles. The van der Waals surface area contributed by atoms with Gasteiger partial charge in [-0.05, 0) is 12.5 Å². The Bertz CT molecular complexity index is 608. The third kappa shape index (κ3) is 5.18. The predicted octanol–water partition coefficient (Wildman–Crippen LogP) is 0.914. The van der Waals surface area contributed by atoms with Crippen LogP contribution in [0.25, 0.3) is 0 Å². The minimum atomic E-state index is -0.740. The molecule has 1 unspecified atom stereocenters. The molecule has 1 aliphatic heterocycles. The lowest BCUT2D eigenvalue weighted by molar-refractivity contribution is -0.128. The van der Waals surface area contributed by atoms with Crippen molar-refractivity contribution in [2.45, 2.75) is 25.9 Å². The highest BCUT2D eigenvalue weighted by Gasteiger charge is 2.32. The van der Waals surface area contributed by atoms with Crippen LogP contribution in [0.15, 0.2) is 30.3 Å². The molecule has 3 N–H and O–H groups in total. The minimum Gasteiger partial charge on any atom is -0.449 e. The molecule has 1 aliphatic rings. The number of hydrogen-bond donors (Lipinski definition) is 2. The lowest BCUT2D eigenvalue weighted by Gasteiger charge is -2.22. The quantitative estimate of drug-likeness (QED) is 0.795. The molecular formula is C17H24N4O4. The molecule has 1 heterocycles. The third-order valence-electron chi connectivity index (χ3n) is 3.84. The van der Waals surface area contributed by atoms with Gasteiger partial charge >= 0.3 is 12.1 Å². The van der Waals surface area contributed by atoms with Gasteiger partial charge in [-0.1, -0.05) is 30.3 Å². The summed E-state index contributed by atoms with van der Waals surface area (Å²) in [6, 6.07) is 8.70. The average Bonchev–Trinajstić information content (AvgIpc) is 2.92. The Hall–Kier alpha value is -2.61. The van der Waals surface area contributed by atoms with Gasteiger partial charge < -0.3 is 20.7 Å². The molecule has 136 valence electrons. The summed E-state index contributed by atoms with van der Waals surface area (Å²) in [6.45, 7) is 2.91. The number of nitrogens with two attached hydrogens (primary N) is 1. The number of benzene rings is 1. The van der Waals surface area contributed by atoms with E-state index in [-0.39, 0.29) is 38.1 Å². The zero-order chi connectivity index (χ0) is 18.2. The first-order chi connectivity index (χ1) is 12.0. The zero-order valence-electron chi connectivity index (χ0n) is 14.3. The SMILES string of the molecule is CCOC(=O)N(CCN)C(=O)NC1CC(=O)N(Cc2ccccc2)C1. The summed E-state index contributed by atoms with van der Waals surface area (Å²) in [5.74, 6) is -0.0318. The molecule has 1 saturated heterocycles. The summed E-state index contributed by atoms with van der Waals surface area (Å²) < 4.78 is 4.86. The number of nitrogens with zero attached hydrogens (tertiary/aromatic N) is 2. The van der Waals surface area contributed by atoms with Crippen LogP contribution in [0.3, 0.4) is 0 Å². The third-order valence-corrected chi connectivity index (χ3v) is 3.84. The fourth-order valence-electron chi connectivity index (χ4n) is 2.68. The summed E-state index contributed by atoms with van der Waals surface area (Å²) in [5, 5.41) is 2.72. The van der Waals surface area contributed by atoms with Crippen molar-refractivity contribution in [2.75, 3.05) is 26.2 Å². The van der Waals surface area contributed by atoms with Gasteiger partial charge in [0, 0.05) is 32.6 Å². The normalized spacial score (nSPS) is 16.6. The van der Waals surface area contributed by atoms with Crippen molar-refractivity contribution in [1.82, 2.24) is 15.1 Å². The molecule has 1 fully saturated rings. The van der Waals surface area contributed by atoms with Crippen molar-refractivity contribution in [3.63, 3.8) is 0 Å². The standard InChI is InChI=1S/C17H24N4O4/c1-2-25-17(24)21(9-8-18)16(23)19-14-10-15(22)20(12-14)11-13-6-4-3-5-7-13/h3-7,14H,2,8-12,18H2,1H3,(H,19,23). The second-order valence-electron chi connectivity index (χ2n) is 5.75. The molecule has 0 radical (unpaired) electrons. The van der Waals surface area contributed by atoms with Gasteiger partial charge in [0.05, 0.1) is 12.6 Å². The maximum absolute atomic E-state index is 12.3. The number of carbonyl (C=O) groups is 3. The van der Waals surface area contributed by atoms with Crippen molar-refractivity contribution in [3.8, 4) is 0 Å². The van der Waals surface area contributed by atoms with Crippen LogP contribution >= 0.6 is 0 Å². The Kier molecular flexibility index (Phi) is 6.76. The average molecular weight is 348 g/mol. The van der Waals surface area contributed by atoms with Gasteiger partial charge in [0.25, 0.3) is 0 Å². The van der Waals surface area contributed by atoms with E-state index in [1.54, 1.807) is 11.8 Å². The molecule has 0 saturated carbocycles. The molecule has 4 amide bonds. The van der Waals surface area contributed by atoms with Gasteiger partial charge in [-0.25, -0.2) is 14.5 Å². The van der Waals surface area contributed by atoms with E-state index in [4.69, 9.17) is 10.5 Å². The van der Waals surface area contributed by atoms with E-state index in [0.29, 0.717) is 13.1 Å². The molecule has 8 nitrogen and oxygen atoms in total. The van der Waals surface area contributed by atoms with Crippen LogP contribution in [0.5, 0.6) is 0 Å². The second-order valence-corrected chi connectivity index (χ2v) is 5.75. The smallest absolute Gasteiger partial charge is 0.418 e. The number of urea groups is 1. The zero-order valence-corrected chi connectivity index (χ0v) is 14.3. The number of hydrogen-bond acceptors (Lipinski definition) is 5. The number of amides is 4. The number of imide groups is 1. The van der Waals surface area contributed by atoms with Gasteiger partial charge in [-0.2, -0.15) is 0 Å². The highest BCUT2D eigenvalue weighted by molar-refractivity contribution is 5.91. The molecular weight excluding hydrogens is 324 g/mol. The summed E-state index contributed by atoms with van der Waals surface area (Å²) in [5.41, 5.74) is 6.47. The van der Waals surface area contributed by atoms with Crippen molar-refractivity contribution in [3.05, 3.63) is 35.9 Å². The topological polar surface area (TPSA) is 105 Å². The Labute approximate surface area is 146 Å². The van der Waals surface area contributed by atoms with Crippen LogP contribution < -0.4 is 11.1 Å². The molecule has 8 heteroatoms. The van der Waals surface area contributed by atoms with Crippen LogP contribution in [-0.4, -0.2) is 60.1 Å². The Morgan fingerprint density at radius 1 is 1.36 bits per heavy atom. The van der Waals surface area contributed by atoms with E-state index in [2.05, 4.69) is 5.32 Å². The first-order valence-electron chi connectivity index (χ1n) is 8.31. The lowest BCUT2D eigenvalue weighted by atomic mass is 10.2. The highest BCUT2D eigenvalue weighted by atomic mass is 16.6. The molecule has 1 aromatic rings. The molecule has 0 aromatic heterocycles. The van der Waals surface area contributed by atoms with Crippen LogP contribution in [0.1, 0.15) is 18.9 Å². The summed E-state index contributed by atoms with van der Waals surface area (Å²) in [4.78, 5) is 38.9.